The van der Waals surface area contributed by atoms with E-state index in [1.165, 1.54) is 0 Å². The molecule has 0 radical (unpaired) electrons. The predicted molar refractivity (Wildman–Crippen MR) is 130 cm³/mol. The Morgan fingerprint density at radius 1 is 1.15 bits per heavy atom. The number of fused-ring (bicyclic) bond motifs is 1. The van der Waals surface area contributed by atoms with Crippen LogP contribution in [0.1, 0.15) is 34.2 Å². The maximum Gasteiger partial charge on any atom is 0.286 e. The first-order valence-electron chi connectivity index (χ1n) is 11.1. The smallest absolute Gasteiger partial charge is 0.286 e. The quantitative estimate of drug-likeness (QED) is 0.352. The lowest BCUT2D eigenvalue weighted by Gasteiger charge is -2.28. The van der Waals surface area contributed by atoms with Gasteiger partial charge < -0.3 is 24.9 Å². The third kappa shape index (κ3) is 5.20. The first-order chi connectivity index (χ1) is 16.7. The van der Waals surface area contributed by atoms with E-state index in [0.717, 1.165) is 27.0 Å². The minimum absolute atomic E-state index is 0.00661. The minimum Gasteiger partial charge on any atom is -0.459 e. The number of aromatic nitrogens is 2. The zero-order valence-electron chi connectivity index (χ0n) is 18.4. The van der Waals surface area contributed by atoms with Gasteiger partial charge in [-0.25, -0.2) is 4.98 Å². The Hall–Kier alpha value is -3.46. The summed E-state index contributed by atoms with van der Waals surface area (Å²) in [4.78, 5) is 21.9. The molecule has 8 heteroatoms. The molecule has 7 nitrogen and oxygen atoms in total. The molecule has 0 aliphatic carbocycles. The number of benzene rings is 2. The van der Waals surface area contributed by atoms with Crippen LogP contribution in [-0.2, 0) is 34.0 Å². The van der Waals surface area contributed by atoms with Gasteiger partial charge in [0.15, 0.2) is 5.76 Å². The van der Waals surface area contributed by atoms with Crippen molar-refractivity contribution < 1.29 is 19.4 Å². The Bertz CT molecular complexity index is 1250. The Morgan fingerprint density at radius 3 is 2.74 bits per heavy atom. The molecule has 1 amide bonds. The second-order valence-electron chi connectivity index (χ2n) is 8.10. The van der Waals surface area contributed by atoms with E-state index >= 15 is 0 Å². The lowest BCUT2D eigenvalue weighted by molar-refractivity contribution is -0.150. The Morgan fingerprint density at radius 2 is 1.97 bits per heavy atom. The molecule has 0 unspecified atom stereocenters. The van der Waals surface area contributed by atoms with E-state index in [0.29, 0.717) is 18.9 Å². The van der Waals surface area contributed by atoms with Gasteiger partial charge in [-0.1, -0.05) is 42.5 Å². The summed E-state index contributed by atoms with van der Waals surface area (Å²) >= 11 is 1.65. The minimum atomic E-state index is -0.554. The number of amides is 1. The van der Waals surface area contributed by atoms with Crippen LogP contribution in [0.4, 0.5) is 0 Å². The molecular weight excluding hydrogens is 450 g/mol. The molecule has 2 atom stereocenters. The number of para-hydroxylation sites is 2. The van der Waals surface area contributed by atoms with Crippen molar-refractivity contribution in [3.8, 4) is 0 Å². The van der Waals surface area contributed by atoms with Crippen LogP contribution in [0.2, 0.25) is 0 Å². The van der Waals surface area contributed by atoms with Crippen molar-refractivity contribution in [2.45, 2.75) is 38.4 Å². The van der Waals surface area contributed by atoms with Crippen LogP contribution in [0.15, 0.2) is 77.9 Å². The highest BCUT2D eigenvalue weighted by Gasteiger charge is 2.29. The Kier molecular flexibility index (Phi) is 6.71. The summed E-state index contributed by atoms with van der Waals surface area (Å²) in [6.07, 6.45) is 1.94. The number of hydrogen-bond acceptors (Lipinski definition) is 6. The first-order valence-corrected chi connectivity index (χ1v) is 12.0. The highest BCUT2D eigenvalue weighted by atomic mass is 32.1. The van der Waals surface area contributed by atoms with Crippen LogP contribution in [0.25, 0.3) is 11.0 Å². The third-order valence-electron chi connectivity index (χ3n) is 5.69. The van der Waals surface area contributed by atoms with E-state index in [9.17, 15) is 9.90 Å². The lowest BCUT2D eigenvalue weighted by Crippen LogP contribution is -2.32. The molecule has 0 saturated heterocycles. The molecule has 3 heterocycles. The van der Waals surface area contributed by atoms with E-state index in [4.69, 9.17) is 9.47 Å². The maximum absolute atomic E-state index is 13.0. The standard InChI is InChI=1S/C26H25N3O4S/c30-15-17-7-9-18(10-8-17)16-32-25-13-19(23-6-3-11-34-23)12-22(33-25)26(31)27-14-24-28-20-4-1-2-5-21(20)29-24/h1-12,19,25,30H,13-16H2,(H,27,31)(H,28,29)/t19-,25+/m0/s1. The molecule has 3 N–H and O–H groups in total. The highest BCUT2D eigenvalue weighted by Crippen LogP contribution is 2.34. The number of H-pyrrole nitrogens is 1. The number of nitrogens with zero attached hydrogens (tertiary/aromatic N) is 1. The summed E-state index contributed by atoms with van der Waals surface area (Å²) in [5, 5.41) is 14.1. The summed E-state index contributed by atoms with van der Waals surface area (Å²) in [6.45, 7) is 0.620. The molecule has 1 aliphatic heterocycles. The molecule has 5 rings (SSSR count). The van der Waals surface area contributed by atoms with Gasteiger partial charge in [-0.3, -0.25) is 4.79 Å². The van der Waals surface area contributed by atoms with Gasteiger partial charge in [-0.15, -0.1) is 11.3 Å². The SMILES string of the molecule is O=C(NCc1nc2ccccc2[nH]1)C1=C[C@H](c2cccs2)C[C@H](OCc2ccc(CO)cc2)O1. The van der Waals surface area contributed by atoms with E-state index in [-0.39, 0.29) is 30.7 Å². The number of carbonyl (C=O) groups excluding carboxylic acids is 1. The molecule has 0 bridgehead atoms. The van der Waals surface area contributed by atoms with Crippen LogP contribution in [0, 0.1) is 0 Å². The number of nitrogens with one attached hydrogen (secondary N) is 2. The van der Waals surface area contributed by atoms with Crippen molar-refractivity contribution in [1.29, 1.82) is 0 Å². The molecule has 2 aromatic heterocycles. The monoisotopic (exact) mass is 475 g/mol. The van der Waals surface area contributed by atoms with Crippen molar-refractivity contribution in [3.05, 3.63) is 99.7 Å². The lowest BCUT2D eigenvalue weighted by atomic mass is 9.99. The van der Waals surface area contributed by atoms with Crippen LogP contribution in [-0.4, -0.2) is 27.3 Å². The number of allylic oxidation sites excluding steroid dienone is 1. The van der Waals surface area contributed by atoms with Crippen LogP contribution >= 0.6 is 11.3 Å². The Balaban J connectivity index is 1.26. The molecule has 174 valence electrons. The number of thiophene rings is 1. The summed E-state index contributed by atoms with van der Waals surface area (Å²) in [5.41, 5.74) is 3.61. The fourth-order valence-electron chi connectivity index (χ4n) is 3.89. The van der Waals surface area contributed by atoms with Gasteiger partial charge >= 0.3 is 0 Å². The molecule has 0 spiro atoms. The number of hydrogen-bond donors (Lipinski definition) is 3. The summed E-state index contributed by atoms with van der Waals surface area (Å²) in [5.74, 6) is 0.659. The fourth-order valence-corrected chi connectivity index (χ4v) is 4.70. The first kappa shape index (κ1) is 22.3. The molecule has 1 aliphatic rings. The molecule has 34 heavy (non-hydrogen) atoms. The summed E-state index contributed by atoms with van der Waals surface area (Å²) in [7, 11) is 0. The van der Waals surface area contributed by atoms with Gasteiger partial charge in [0.25, 0.3) is 5.91 Å². The highest BCUT2D eigenvalue weighted by molar-refractivity contribution is 7.10. The number of ether oxygens (including phenoxy) is 2. The van der Waals surface area contributed by atoms with Gasteiger partial charge in [-0.2, -0.15) is 0 Å². The Labute approximate surface area is 201 Å². The topological polar surface area (TPSA) is 96.5 Å². The van der Waals surface area contributed by atoms with E-state index in [1.807, 2.05) is 66.1 Å². The maximum atomic E-state index is 13.0. The number of carbonyl (C=O) groups is 1. The number of imidazole rings is 1. The number of aliphatic hydroxyl groups is 1. The van der Waals surface area contributed by atoms with Gasteiger partial charge in [0.05, 0.1) is 30.8 Å². The van der Waals surface area contributed by atoms with Crippen molar-refractivity contribution in [2.75, 3.05) is 0 Å². The zero-order chi connectivity index (χ0) is 23.3. The molecule has 2 aromatic carbocycles. The number of rotatable bonds is 8. The number of aliphatic hydroxyl groups excluding tert-OH is 1. The van der Waals surface area contributed by atoms with E-state index in [2.05, 4.69) is 21.4 Å². The van der Waals surface area contributed by atoms with E-state index < -0.39 is 6.29 Å². The fraction of sp³-hybridized carbons (Fsp3) is 0.231. The van der Waals surface area contributed by atoms with Crippen molar-refractivity contribution in [1.82, 2.24) is 15.3 Å². The average molecular weight is 476 g/mol. The average Bonchev–Trinajstić information content (AvgIpc) is 3.56. The van der Waals surface area contributed by atoms with Gasteiger partial charge in [0.1, 0.15) is 5.82 Å². The summed E-state index contributed by atoms with van der Waals surface area (Å²) < 4.78 is 12.0. The molecule has 0 saturated carbocycles. The number of aromatic amines is 1. The molecule has 0 fully saturated rings. The molecule has 4 aromatic rings. The predicted octanol–water partition coefficient (Wildman–Crippen LogP) is 4.36. The van der Waals surface area contributed by atoms with E-state index in [1.54, 1.807) is 11.3 Å². The van der Waals surface area contributed by atoms with Gasteiger partial charge in [0, 0.05) is 17.2 Å². The third-order valence-corrected chi connectivity index (χ3v) is 6.69. The second-order valence-corrected chi connectivity index (χ2v) is 9.08. The van der Waals surface area contributed by atoms with Gasteiger partial charge in [0.2, 0.25) is 6.29 Å². The second kappa shape index (κ2) is 10.2. The van der Waals surface area contributed by atoms with Crippen LogP contribution in [0.3, 0.4) is 0 Å². The zero-order valence-corrected chi connectivity index (χ0v) is 19.3. The van der Waals surface area contributed by atoms with Crippen LogP contribution < -0.4 is 5.32 Å². The van der Waals surface area contributed by atoms with Crippen molar-refractivity contribution >= 4 is 28.3 Å². The largest absolute Gasteiger partial charge is 0.459 e. The van der Waals surface area contributed by atoms with Gasteiger partial charge in [-0.05, 0) is 40.8 Å². The van der Waals surface area contributed by atoms with Crippen molar-refractivity contribution in [2.24, 2.45) is 0 Å². The normalized spacial score (nSPS) is 17.9. The van der Waals surface area contributed by atoms with Crippen molar-refractivity contribution in [3.63, 3.8) is 0 Å². The molecular formula is C26H25N3O4S. The summed E-state index contributed by atoms with van der Waals surface area (Å²) in [6, 6.07) is 19.4. The van der Waals surface area contributed by atoms with Crippen LogP contribution in [0.5, 0.6) is 0 Å².